The molecule has 1 saturated carbocycles. The smallest absolute Gasteiger partial charge is 0.341 e. The predicted octanol–water partition coefficient (Wildman–Crippen LogP) is 3.13. The molecule has 1 unspecified atom stereocenters. The Morgan fingerprint density at radius 2 is 2.16 bits per heavy atom. The number of likely N-dealkylation sites (tertiary alicyclic amines) is 1. The molecule has 136 valence electrons. The minimum absolute atomic E-state index is 0.157. The monoisotopic (exact) mass is 366 g/mol. The van der Waals surface area contributed by atoms with Gasteiger partial charge >= 0.3 is 18.0 Å². The van der Waals surface area contributed by atoms with E-state index in [4.69, 9.17) is 4.74 Å². The van der Waals surface area contributed by atoms with Gasteiger partial charge in [-0.15, -0.1) is 11.3 Å². The van der Waals surface area contributed by atoms with E-state index >= 15 is 0 Å². The SMILES string of the molecule is CCOC(=O)c1c(C2CC2)csc1NC(=O)N1CCC(C)(C(=O)O)C1. The molecule has 1 atom stereocenters. The van der Waals surface area contributed by atoms with E-state index < -0.39 is 17.4 Å². The number of aliphatic carboxylic acids is 1. The number of anilines is 1. The summed E-state index contributed by atoms with van der Waals surface area (Å²) in [5, 5.41) is 14.5. The number of esters is 1. The van der Waals surface area contributed by atoms with Crippen LogP contribution in [-0.4, -0.2) is 47.7 Å². The second-order valence-corrected chi connectivity index (χ2v) is 7.74. The summed E-state index contributed by atoms with van der Waals surface area (Å²) in [6.07, 6.45) is 2.50. The number of carbonyl (C=O) groups excluding carboxylic acids is 2. The lowest BCUT2D eigenvalue weighted by Gasteiger charge is -2.20. The Balaban J connectivity index is 1.75. The number of carboxylic acids is 1. The van der Waals surface area contributed by atoms with Crippen molar-refractivity contribution < 1.29 is 24.2 Å². The zero-order chi connectivity index (χ0) is 18.2. The molecule has 25 heavy (non-hydrogen) atoms. The van der Waals surface area contributed by atoms with Crippen molar-refractivity contribution in [3.05, 3.63) is 16.5 Å². The van der Waals surface area contributed by atoms with Gasteiger partial charge in [0.2, 0.25) is 0 Å². The molecule has 0 spiro atoms. The lowest BCUT2D eigenvalue weighted by Crippen LogP contribution is -2.37. The minimum Gasteiger partial charge on any atom is -0.481 e. The molecule has 2 fully saturated rings. The summed E-state index contributed by atoms with van der Waals surface area (Å²) in [4.78, 5) is 37.7. The van der Waals surface area contributed by atoms with Crippen LogP contribution in [0.4, 0.5) is 9.80 Å². The summed E-state index contributed by atoms with van der Waals surface area (Å²) in [5.74, 6) is -0.955. The Bertz CT molecular complexity index is 712. The average Bonchev–Trinajstić information content (AvgIpc) is 3.19. The molecule has 1 aromatic rings. The molecule has 7 nitrogen and oxygen atoms in total. The molecule has 1 saturated heterocycles. The summed E-state index contributed by atoms with van der Waals surface area (Å²) in [6.45, 7) is 4.20. The number of ether oxygens (including phenoxy) is 1. The second kappa shape index (κ2) is 6.67. The van der Waals surface area contributed by atoms with Gasteiger partial charge in [-0.25, -0.2) is 9.59 Å². The highest BCUT2D eigenvalue weighted by Gasteiger charge is 2.42. The summed E-state index contributed by atoms with van der Waals surface area (Å²) in [6, 6.07) is -0.375. The van der Waals surface area contributed by atoms with Crippen LogP contribution in [0.2, 0.25) is 0 Å². The first-order chi connectivity index (χ1) is 11.9. The fraction of sp³-hybridized carbons (Fsp3) is 0.588. The molecule has 0 aromatic carbocycles. The van der Waals surface area contributed by atoms with Crippen LogP contribution < -0.4 is 5.32 Å². The van der Waals surface area contributed by atoms with Crippen molar-refractivity contribution in [2.24, 2.45) is 5.41 Å². The fourth-order valence-corrected chi connectivity index (χ4v) is 4.08. The number of thiophene rings is 1. The van der Waals surface area contributed by atoms with E-state index in [1.165, 1.54) is 16.2 Å². The van der Waals surface area contributed by atoms with Crippen molar-refractivity contribution in [2.45, 2.75) is 39.0 Å². The van der Waals surface area contributed by atoms with Crippen LogP contribution in [0.25, 0.3) is 0 Å². The maximum atomic E-state index is 12.5. The van der Waals surface area contributed by atoms with Crippen molar-refractivity contribution in [3.8, 4) is 0 Å². The zero-order valence-corrected chi connectivity index (χ0v) is 15.1. The van der Waals surface area contributed by atoms with Gasteiger partial charge in [0.1, 0.15) is 5.00 Å². The van der Waals surface area contributed by atoms with Gasteiger partial charge in [0.15, 0.2) is 0 Å². The minimum atomic E-state index is -0.921. The highest BCUT2D eigenvalue weighted by Crippen LogP contribution is 2.46. The Hall–Kier alpha value is -2.09. The van der Waals surface area contributed by atoms with Crippen LogP contribution in [0.15, 0.2) is 5.38 Å². The van der Waals surface area contributed by atoms with Crippen molar-refractivity contribution in [3.63, 3.8) is 0 Å². The number of nitrogens with zero attached hydrogens (tertiary/aromatic N) is 1. The molecular weight excluding hydrogens is 344 g/mol. The van der Waals surface area contributed by atoms with Crippen LogP contribution in [0.1, 0.15) is 54.9 Å². The predicted molar refractivity (Wildman–Crippen MR) is 93.2 cm³/mol. The van der Waals surface area contributed by atoms with E-state index in [9.17, 15) is 19.5 Å². The third-order valence-corrected chi connectivity index (χ3v) is 5.73. The van der Waals surface area contributed by atoms with Gasteiger partial charge in [-0.1, -0.05) is 0 Å². The molecule has 1 aliphatic heterocycles. The maximum absolute atomic E-state index is 12.5. The van der Waals surface area contributed by atoms with Gasteiger partial charge in [-0.2, -0.15) is 0 Å². The molecule has 2 amide bonds. The van der Waals surface area contributed by atoms with E-state index in [-0.39, 0.29) is 19.2 Å². The fourth-order valence-electron chi connectivity index (χ4n) is 3.06. The van der Waals surface area contributed by atoms with Gasteiger partial charge in [-0.3, -0.25) is 10.1 Å². The Kier molecular flexibility index (Phi) is 4.73. The molecule has 0 radical (unpaired) electrons. The number of hydrogen-bond donors (Lipinski definition) is 2. The lowest BCUT2D eigenvalue weighted by atomic mass is 9.90. The van der Waals surface area contributed by atoms with E-state index in [1.54, 1.807) is 13.8 Å². The maximum Gasteiger partial charge on any atom is 0.341 e. The third kappa shape index (κ3) is 3.49. The van der Waals surface area contributed by atoms with Crippen LogP contribution >= 0.6 is 11.3 Å². The van der Waals surface area contributed by atoms with Gasteiger partial charge in [0.05, 0.1) is 17.6 Å². The molecule has 2 aliphatic rings. The van der Waals surface area contributed by atoms with Crippen LogP contribution in [0.3, 0.4) is 0 Å². The van der Waals surface area contributed by atoms with Crippen LogP contribution in [-0.2, 0) is 9.53 Å². The van der Waals surface area contributed by atoms with Crippen LogP contribution in [0, 0.1) is 5.41 Å². The summed E-state index contributed by atoms with van der Waals surface area (Å²) in [7, 11) is 0. The Morgan fingerprint density at radius 3 is 2.72 bits per heavy atom. The molecule has 2 N–H and O–H groups in total. The first kappa shape index (κ1) is 17.7. The van der Waals surface area contributed by atoms with Gasteiger partial charge in [0, 0.05) is 13.1 Å². The van der Waals surface area contributed by atoms with E-state index in [0.29, 0.717) is 29.4 Å². The number of nitrogens with one attached hydrogen (secondary N) is 1. The van der Waals surface area contributed by atoms with Gasteiger partial charge < -0.3 is 14.7 Å². The average molecular weight is 366 g/mol. The number of amides is 2. The number of carbonyl (C=O) groups is 3. The number of urea groups is 1. The first-order valence-electron chi connectivity index (χ1n) is 8.43. The van der Waals surface area contributed by atoms with Gasteiger partial charge in [0.25, 0.3) is 0 Å². The quantitative estimate of drug-likeness (QED) is 0.781. The second-order valence-electron chi connectivity index (χ2n) is 6.86. The van der Waals surface area contributed by atoms with Crippen molar-refractivity contribution >= 4 is 34.3 Å². The van der Waals surface area contributed by atoms with E-state index in [1.807, 2.05) is 5.38 Å². The lowest BCUT2D eigenvalue weighted by molar-refractivity contribution is -0.146. The van der Waals surface area contributed by atoms with Gasteiger partial charge in [-0.05, 0) is 50.0 Å². The van der Waals surface area contributed by atoms with Crippen molar-refractivity contribution in [1.29, 1.82) is 0 Å². The molecule has 3 rings (SSSR count). The standard InChI is InChI=1S/C17H22N2O5S/c1-3-24-14(20)12-11(10-4-5-10)8-25-13(12)18-16(23)19-7-6-17(2,9-19)15(21)22/h8,10H,3-7,9H2,1-2H3,(H,18,23)(H,21,22). The molecule has 2 heterocycles. The Labute approximate surface area is 150 Å². The van der Waals surface area contributed by atoms with Crippen molar-refractivity contribution in [2.75, 3.05) is 25.0 Å². The topological polar surface area (TPSA) is 95.9 Å². The molecular formula is C17H22N2O5S. The molecule has 1 aromatic heterocycles. The molecule has 8 heteroatoms. The summed E-state index contributed by atoms with van der Waals surface area (Å²) < 4.78 is 5.14. The third-order valence-electron chi connectivity index (χ3n) is 4.81. The zero-order valence-electron chi connectivity index (χ0n) is 14.3. The Morgan fingerprint density at radius 1 is 1.44 bits per heavy atom. The highest BCUT2D eigenvalue weighted by molar-refractivity contribution is 7.15. The summed E-state index contributed by atoms with van der Waals surface area (Å²) in [5.41, 5.74) is 0.467. The van der Waals surface area contributed by atoms with E-state index in [2.05, 4.69) is 5.32 Å². The number of carboxylic acid groups (broad SMARTS) is 1. The number of hydrogen-bond acceptors (Lipinski definition) is 5. The first-order valence-corrected chi connectivity index (χ1v) is 9.31. The van der Waals surface area contributed by atoms with E-state index in [0.717, 1.165) is 18.4 Å². The molecule has 1 aliphatic carbocycles. The normalized spacial score (nSPS) is 22.7. The summed E-state index contributed by atoms with van der Waals surface area (Å²) >= 11 is 1.32. The highest BCUT2D eigenvalue weighted by atomic mass is 32.1. The molecule has 0 bridgehead atoms. The van der Waals surface area contributed by atoms with Crippen LogP contribution in [0.5, 0.6) is 0 Å². The van der Waals surface area contributed by atoms with Crippen molar-refractivity contribution in [1.82, 2.24) is 4.90 Å². The number of rotatable bonds is 5. The largest absolute Gasteiger partial charge is 0.481 e.